The van der Waals surface area contributed by atoms with Crippen molar-refractivity contribution in [3.05, 3.63) is 24.3 Å². The lowest BCUT2D eigenvalue weighted by Crippen LogP contribution is -2.29. The van der Waals surface area contributed by atoms with Crippen molar-refractivity contribution in [2.24, 2.45) is 5.73 Å². The average Bonchev–Trinajstić information content (AvgIpc) is 2.53. The van der Waals surface area contributed by atoms with Crippen molar-refractivity contribution in [1.29, 1.82) is 0 Å². The van der Waals surface area contributed by atoms with Gasteiger partial charge in [-0.15, -0.1) is 12.4 Å². The minimum Gasteiger partial charge on any atom is -0.329 e. The topological polar surface area (TPSA) is 101 Å². The van der Waals surface area contributed by atoms with E-state index in [1.807, 2.05) is 0 Å². The molecule has 0 saturated carbocycles. The van der Waals surface area contributed by atoms with E-state index in [1.165, 1.54) is 12.1 Å². The Morgan fingerprint density at radius 3 is 2.71 bits per heavy atom. The largest absolute Gasteiger partial charge is 0.329 e. The van der Waals surface area contributed by atoms with Crippen molar-refractivity contribution in [3.8, 4) is 0 Å². The molecule has 6 nitrogen and oxygen atoms in total. The van der Waals surface area contributed by atoms with Gasteiger partial charge in [0.2, 0.25) is 15.9 Å². The van der Waals surface area contributed by atoms with Crippen LogP contribution >= 0.6 is 24.2 Å². The molecule has 0 saturated heterocycles. The summed E-state index contributed by atoms with van der Waals surface area (Å²) in [4.78, 5) is 12.0. The SMILES string of the molecule is CCCCSCCC(=O)Nc1cccc(S(=O)(=O)NCCN)c1.Cl. The highest BCUT2D eigenvalue weighted by molar-refractivity contribution is 7.99. The molecule has 0 spiro atoms. The number of hydrogen-bond acceptors (Lipinski definition) is 5. The van der Waals surface area contributed by atoms with E-state index in [2.05, 4.69) is 17.0 Å². The van der Waals surface area contributed by atoms with Crippen LogP contribution in [-0.4, -0.2) is 38.9 Å². The molecule has 1 aromatic rings. The third kappa shape index (κ3) is 8.89. The fourth-order valence-electron chi connectivity index (χ4n) is 1.75. The van der Waals surface area contributed by atoms with Crippen molar-refractivity contribution < 1.29 is 13.2 Å². The number of unbranched alkanes of at least 4 members (excludes halogenated alkanes) is 1. The van der Waals surface area contributed by atoms with Gasteiger partial charge < -0.3 is 11.1 Å². The molecule has 138 valence electrons. The van der Waals surface area contributed by atoms with Gasteiger partial charge in [-0.2, -0.15) is 11.8 Å². The lowest BCUT2D eigenvalue weighted by molar-refractivity contribution is -0.115. The van der Waals surface area contributed by atoms with Gasteiger partial charge in [0.25, 0.3) is 0 Å². The van der Waals surface area contributed by atoms with Crippen molar-refractivity contribution >= 4 is 45.8 Å². The van der Waals surface area contributed by atoms with Gasteiger partial charge in [0.05, 0.1) is 4.90 Å². The Labute approximate surface area is 154 Å². The predicted molar refractivity (Wildman–Crippen MR) is 103 cm³/mol. The molecular formula is C15H26ClN3O3S2. The third-order valence-corrected chi connectivity index (χ3v) is 5.51. The van der Waals surface area contributed by atoms with Crippen molar-refractivity contribution in [2.75, 3.05) is 29.9 Å². The molecule has 0 radical (unpaired) electrons. The number of rotatable bonds is 11. The van der Waals surface area contributed by atoms with Crippen molar-refractivity contribution in [2.45, 2.75) is 31.1 Å². The van der Waals surface area contributed by atoms with Crippen LogP contribution in [0.5, 0.6) is 0 Å². The number of anilines is 1. The first-order valence-corrected chi connectivity index (χ1v) is 10.3. The highest BCUT2D eigenvalue weighted by Crippen LogP contribution is 2.16. The summed E-state index contributed by atoms with van der Waals surface area (Å²) in [5.41, 5.74) is 5.78. The van der Waals surface area contributed by atoms with Gasteiger partial charge in [0.1, 0.15) is 0 Å². The molecule has 0 aromatic heterocycles. The molecule has 0 aliphatic rings. The van der Waals surface area contributed by atoms with Gasteiger partial charge in [-0.25, -0.2) is 13.1 Å². The summed E-state index contributed by atoms with van der Waals surface area (Å²) in [5, 5.41) is 2.73. The Hall–Kier alpha value is -0.800. The van der Waals surface area contributed by atoms with E-state index in [0.29, 0.717) is 12.1 Å². The third-order valence-electron chi connectivity index (χ3n) is 2.98. The fraction of sp³-hybridized carbons (Fsp3) is 0.533. The molecule has 1 amide bonds. The number of nitrogens with two attached hydrogens (primary N) is 1. The van der Waals surface area contributed by atoms with Crippen LogP contribution in [0.2, 0.25) is 0 Å². The van der Waals surface area contributed by atoms with E-state index >= 15 is 0 Å². The molecule has 4 N–H and O–H groups in total. The Kier molecular flexibility index (Phi) is 12.1. The van der Waals surface area contributed by atoms with Crippen molar-refractivity contribution in [1.82, 2.24) is 4.72 Å². The smallest absolute Gasteiger partial charge is 0.240 e. The molecule has 0 aliphatic carbocycles. The van der Waals surface area contributed by atoms with Gasteiger partial charge >= 0.3 is 0 Å². The number of amides is 1. The van der Waals surface area contributed by atoms with Crippen LogP contribution in [0.15, 0.2) is 29.2 Å². The number of benzene rings is 1. The Balaban J connectivity index is 0.00000529. The Morgan fingerprint density at radius 2 is 2.04 bits per heavy atom. The molecule has 0 bridgehead atoms. The second-order valence-electron chi connectivity index (χ2n) is 4.98. The first-order valence-electron chi connectivity index (χ1n) is 7.67. The van der Waals surface area contributed by atoms with Gasteiger partial charge in [-0.1, -0.05) is 19.4 Å². The number of carbonyl (C=O) groups is 1. The maximum Gasteiger partial charge on any atom is 0.240 e. The summed E-state index contributed by atoms with van der Waals surface area (Å²) in [6.07, 6.45) is 2.72. The molecule has 9 heteroatoms. The molecule has 24 heavy (non-hydrogen) atoms. The van der Waals surface area contributed by atoms with Crippen molar-refractivity contribution in [3.63, 3.8) is 0 Å². The maximum atomic E-state index is 12.0. The summed E-state index contributed by atoms with van der Waals surface area (Å²) < 4.78 is 26.4. The summed E-state index contributed by atoms with van der Waals surface area (Å²) >= 11 is 1.75. The quantitative estimate of drug-likeness (QED) is 0.498. The number of hydrogen-bond donors (Lipinski definition) is 3. The predicted octanol–water partition coefficient (Wildman–Crippen LogP) is 2.21. The summed E-state index contributed by atoms with van der Waals surface area (Å²) in [6, 6.07) is 6.20. The number of carbonyl (C=O) groups excluding carboxylic acids is 1. The van der Waals surface area contributed by atoms with E-state index in [0.717, 1.165) is 24.3 Å². The molecule has 1 aromatic carbocycles. The van der Waals surface area contributed by atoms with Crippen LogP contribution in [0.1, 0.15) is 26.2 Å². The van der Waals surface area contributed by atoms with Crippen LogP contribution in [0.25, 0.3) is 0 Å². The van der Waals surface area contributed by atoms with E-state index in [9.17, 15) is 13.2 Å². The second-order valence-corrected chi connectivity index (χ2v) is 7.97. The fourth-order valence-corrected chi connectivity index (χ4v) is 3.87. The zero-order valence-corrected chi connectivity index (χ0v) is 16.2. The Morgan fingerprint density at radius 1 is 1.29 bits per heavy atom. The minimum absolute atomic E-state index is 0. The number of thioether (sulfide) groups is 1. The lowest BCUT2D eigenvalue weighted by atomic mass is 10.3. The molecular weight excluding hydrogens is 370 g/mol. The molecule has 0 atom stereocenters. The molecule has 0 fully saturated rings. The van der Waals surface area contributed by atoms with Crippen LogP contribution in [-0.2, 0) is 14.8 Å². The zero-order valence-electron chi connectivity index (χ0n) is 13.8. The molecule has 1 rings (SSSR count). The highest BCUT2D eigenvalue weighted by atomic mass is 35.5. The molecule has 0 unspecified atom stereocenters. The molecule has 0 aliphatic heterocycles. The van der Waals surface area contributed by atoms with Crippen LogP contribution in [0, 0.1) is 0 Å². The number of sulfonamides is 1. The van der Waals surface area contributed by atoms with E-state index in [4.69, 9.17) is 5.73 Å². The van der Waals surface area contributed by atoms with E-state index in [1.54, 1.807) is 23.9 Å². The maximum absolute atomic E-state index is 12.0. The summed E-state index contributed by atoms with van der Waals surface area (Å²) in [5.74, 6) is 1.71. The van der Waals surface area contributed by atoms with E-state index < -0.39 is 10.0 Å². The summed E-state index contributed by atoms with van der Waals surface area (Å²) in [7, 11) is -3.59. The van der Waals surface area contributed by atoms with Gasteiger partial charge in [-0.05, 0) is 30.4 Å². The zero-order chi connectivity index (χ0) is 17.1. The van der Waals surface area contributed by atoms with Gasteiger partial charge in [0, 0.05) is 31.0 Å². The Bertz CT molecular complexity index is 597. The van der Waals surface area contributed by atoms with Crippen LogP contribution in [0.4, 0.5) is 5.69 Å². The monoisotopic (exact) mass is 395 g/mol. The highest BCUT2D eigenvalue weighted by Gasteiger charge is 2.14. The normalized spacial score (nSPS) is 10.9. The first kappa shape index (κ1) is 23.2. The standard InChI is InChI=1S/C15H25N3O3S2.ClH/c1-2-3-10-22-11-7-15(19)18-13-5-4-6-14(12-13)23(20,21)17-9-8-16;/h4-6,12,17H,2-3,7-11,16H2,1H3,(H,18,19);1H. The first-order chi connectivity index (χ1) is 11.0. The summed E-state index contributed by atoms with van der Waals surface area (Å²) in [6.45, 7) is 2.54. The average molecular weight is 396 g/mol. The van der Waals surface area contributed by atoms with Crippen LogP contribution < -0.4 is 15.8 Å². The second kappa shape index (κ2) is 12.5. The van der Waals surface area contributed by atoms with E-state index in [-0.39, 0.29) is 36.3 Å². The number of halogens is 1. The minimum atomic E-state index is -3.59. The van der Waals surface area contributed by atoms with Gasteiger partial charge in [0.15, 0.2) is 0 Å². The van der Waals surface area contributed by atoms with Gasteiger partial charge in [-0.3, -0.25) is 4.79 Å². The lowest BCUT2D eigenvalue weighted by Gasteiger charge is -2.09. The molecule has 0 heterocycles. The van der Waals surface area contributed by atoms with Crippen LogP contribution in [0.3, 0.4) is 0 Å². The number of nitrogens with one attached hydrogen (secondary N) is 2.